The number of phenolic OH excluding ortho intramolecular Hbond substituents is 1. The lowest BCUT2D eigenvalue weighted by atomic mass is 10.1. The first kappa shape index (κ1) is 18.1. The van der Waals surface area contributed by atoms with E-state index in [0.29, 0.717) is 10.6 Å². The molecule has 2 aromatic carbocycles. The number of rotatable bonds is 6. The molecule has 24 heavy (non-hydrogen) atoms. The highest BCUT2D eigenvalue weighted by Crippen LogP contribution is 2.26. The number of nitrogens with one attached hydrogen (secondary N) is 1. The largest absolute Gasteiger partial charge is 0.508 e. The number of nitro groups is 1. The summed E-state index contributed by atoms with van der Waals surface area (Å²) >= 11 is 7.18. The van der Waals surface area contributed by atoms with Crippen LogP contribution in [0.2, 0.25) is 5.02 Å². The quantitative estimate of drug-likeness (QED) is 0.461. The number of benzene rings is 2. The third-order valence-corrected chi connectivity index (χ3v) is 4.59. The molecule has 0 heterocycles. The summed E-state index contributed by atoms with van der Waals surface area (Å²) in [5.74, 6) is -0.334. The number of phenols is 1. The van der Waals surface area contributed by atoms with E-state index in [1.807, 2.05) is 12.1 Å². The summed E-state index contributed by atoms with van der Waals surface area (Å²) < 4.78 is 0. The zero-order valence-corrected chi connectivity index (χ0v) is 14.3. The topological polar surface area (TPSA) is 92.5 Å². The number of nitro benzene ring substituents is 1. The number of nitrogens with zero attached hydrogens (tertiary/aromatic N) is 1. The van der Waals surface area contributed by atoms with E-state index in [-0.39, 0.29) is 29.1 Å². The molecule has 0 radical (unpaired) electrons. The predicted octanol–water partition coefficient (Wildman–Crippen LogP) is 3.75. The van der Waals surface area contributed by atoms with Gasteiger partial charge in [-0.05, 0) is 37.3 Å². The molecule has 0 saturated carbocycles. The van der Waals surface area contributed by atoms with Gasteiger partial charge in [0.05, 0.1) is 10.2 Å². The number of aromatic hydroxyl groups is 1. The van der Waals surface area contributed by atoms with Crippen molar-refractivity contribution in [3.8, 4) is 5.75 Å². The first-order valence-corrected chi connectivity index (χ1v) is 8.29. The van der Waals surface area contributed by atoms with Gasteiger partial charge in [-0.3, -0.25) is 14.9 Å². The normalized spacial score (nSPS) is 11.8. The van der Waals surface area contributed by atoms with E-state index in [1.54, 1.807) is 19.1 Å². The van der Waals surface area contributed by atoms with Crippen LogP contribution >= 0.6 is 23.4 Å². The SMILES string of the molecule is C[C@H](Sc1ccc(Cl)cc1)C(=O)NCc1cc([N+](=O)[O-])ccc1O. The van der Waals surface area contributed by atoms with Gasteiger partial charge in [-0.15, -0.1) is 11.8 Å². The molecular weight excluding hydrogens is 352 g/mol. The minimum Gasteiger partial charge on any atom is -0.508 e. The smallest absolute Gasteiger partial charge is 0.270 e. The van der Waals surface area contributed by atoms with E-state index >= 15 is 0 Å². The van der Waals surface area contributed by atoms with Crippen molar-refractivity contribution in [2.24, 2.45) is 0 Å². The maximum atomic E-state index is 12.1. The molecule has 1 atom stereocenters. The summed E-state index contributed by atoms with van der Waals surface area (Å²) in [5, 5.41) is 23.4. The van der Waals surface area contributed by atoms with Crippen LogP contribution in [0.4, 0.5) is 5.69 Å². The van der Waals surface area contributed by atoms with Gasteiger partial charge in [0.25, 0.3) is 5.69 Å². The average Bonchev–Trinajstić information content (AvgIpc) is 2.55. The summed E-state index contributed by atoms with van der Waals surface area (Å²) in [4.78, 5) is 23.3. The molecule has 2 rings (SSSR count). The number of thioether (sulfide) groups is 1. The number of amides is 1. The molecule has 2 N–H and O–H groups in total. The molecule has 0 bridgehead atoms. The Labute approximate surface area is 148 Å². The number of hydrogen-bond acceptors (Lipinski definition) is 5. The highest BCUT2D eigenvalue weighted by Gasteiger charge is 2.16. The summed E-state index contributed by atoms with van der Waals surface area (Å²) in [6, 6.07) is 10.8. The molecule has 1 amide bonds. The second kappa shape index (κ2) is 8.03. The molecule has 0 aliphatic heterocycles. The highest BCUT2D eigenvalue weighted by atomic mass is 35.5. The Balaban J connectivity index is 1.96. The van der Waals surface area contributed by atoms with Crippen molar-refractivity contribution in [2.75, 3.05) is 0 Å². The lowest BCUT2D eigenvalue weighted by molar-refractivity contribution is -0.384. The van der Waals surface area contributed by atoms with E-state index in [4.69, 9.17) is 11.6 Å². The van der Waals surface area contributed by atoms with Gasteiger partial charge >= 0.3 is 0 Å². The number of hydrogen-bond donors (Lipinski definition) is 2. The minimum absolute atomic E-state index is 0.0118. The third-order valence-electron chi connectivity index (χ3n) is 3.22. The van der Waals surface area contributed by atoms with Crippen LogP contribution in [0.25, 0.3) is 0 Å². The highest BCUT2D eigenvalue weighted by molar-refractivity contribution is 8.00. The van der Waals surface area contributed by atoms with Gasteiger partial charge in [-0.1, -0.05) is 11.6 Å². The van der Waals surface area contributed by atoms with E-state index < -0.39 is 4.92 Å². The van der Waals surface area contributed by atoms with Crippen molar-refractivity contribution in [1.82, 2.24) is 5.32 Å². The van der Waals surface area contributed by atoms with Gasteiger partial charge in [-0.2, -0.15) is 0 Å². The van der Waals surface area contributed by atoms with E-state index in [1.165, 1.54) is 30.0 Å². The van der Waals surface area contributed by atoms with Gasteiger partial charge in [0.1, 0.15) is 5.75 Å². The maximum Gasteiger partial charge on any atom is 0.270 e. The van der Waals surface area contributed by atoms with Crippen LogP contribution in [0.5, 0.6) is 5.75 Å². The Kier molecular flexibility index (Phi) is 6.05. The molecule has 0 unspecified atom stereocenters. The number of carbonyl (C=O) groups excluding carboxylic acids is 1. The van der Waals surface area contributed by atoms with E-state index in [0.717, 1.165) is 4.90 Å². The number of non-ortho nitro benzene ring substituents is 1. The van der Waals surface area contributed by atoms with Crippen LogP contribution in [0.1, 0.15) is 12.5 Å². The molecule has 2 aromatic rings. The Bertz CT molecular complexity index is 752. The fourth-order valence-electron chi connectivity index (χ4n) is 1.92. The Morgan fingerprint density at radius 1 is 1.33 bits per heavy atom. The van der Waals surface area contributed by atoms with Gasteiger partial charge < -0.3 is 10.4 Å². The Morgan fingerprint density at radius 2 is 2.00 bits per heavy atom. The zero-order chi connectivity index (χ0) is 17.7. The molecule has 0 aliphatic carbocycles. The van der Waals surface area contributed by atoms with Gasteiger partial charge in [0.2, 0.25) is 5.91 Å². The first-order chi connectivity index (χ1) is 11.4. The van der Waals surface area contributed by atoms with Gasteiger partial charge in [0.15, 0.2) is 0 Å². The van der Waals surface area contributed by atoms with E-state index in [9.17, 15) is 20.0 Å². The van der Waals surface area contributed by atoms with E-state index in [2.05, 4.69) is 5.32 Å². The zero-order valence-electron chi connectivity index (χ0n) is 12.7. The molecule has 0 spiro atoms. The predicted molar refractivity (Wildman–Crippen MR) is 93.4 cm³/mol. The Morgan fingerprint density at radius 3 is 2.62 bits per heavy atom. The average molecular weight is 367 g/mol. The molecule has 0 aromatic heterocycles. The molecule has 8 heteroatoms. The molecular formula is C16H15ClN2O4S. The van der Waals surface area contributed by atoms with Crippen LogP contribution in [0, 0.1) is 10.1 Å². The first-order valence-electron chi connectivity index (χ1n) is 7.03. The second-order valence-electron chi connectivity index (χ2n) is 5.00. The van der Waals surface area contributed by atoms with Crippen LogP contribution in [0.15, 0.2) is 47.4 Å². The van der Waals surface area contributed by atoms with Crippen molar-refractivity contribution in [2.45, 2.75) is 23.6 Å². The van der Waals surface area contributed by atoms with Crippen LogP contribution in [0.3, 0.4) is 0 Å². The monoisotopic (exact) mass is 366 g/mol. The molecule has 6 nitrogen and oxygen atoms in total. The van der Waals surface area contributed by atoms with Gasteiger partial charge in [-0.25, -0.2) is 0 Å². The molecule has 0 aliphatic rings. The maximum absolute atomic E-state index is 12.1. The lowest BCUT2D eigenvalue weighted by Gasteiger charge is -2.12. The van der Waals surface area contributed by atoms with Crippen LogP contribution < -0.4 is 5.32 Å². The molecule has 0 fully saturated rings. The standard InChI is InChI=1S/C16H15ClN2O4S/c1-10(24-14-5-2-12(17)3-6-14)16(21)18-9-11-8-13(19(22)23)4-7-15(11)20/h2-8,10,20H,9H2,1H3,(H,18,21)/t10-/m0/s1. The fourth-order valence-corrected chi connectivity index (χ4v) is 2.94. The summed E-state index contributed by atoms with van der Waals surface area (Å²) in [6.45, 7) is 1.76. The number of carbonyl (C=O) groups is 1. The minimum atomic E-state index is -0.552. The van der Waals surface area contributed by atoms with Crippen molar-refractivity contribution in [3.05, 3.63) is 63.2 Å². The van der Waals surface area contributed by atoms with Gasteiger partial charge in [0, 0.05) is 34.2 Å². The summed E-state index contributed by atoms with van der Waals surface area (Å²) in [5.41, 5.74) is 0.155. The summed E-state index contributed by atoms with van der Waals surface area (Å²) in [6.07, 6.45) is 0. The van der Waals surface area contributed by atoms with Crippen molar-refractivity contribution < 1.29 is 14.8 Å². The lowest BCUT2D eigenvalue weighted by Crippen LogP contribution is -2.30. The summed E-state index contributed by atoms with van der Waals surface area (Å²) in [7, 11) is 0. The van der Waals surface area contributed by atoms with Crippen molar-refractivity contribution in [1.29, 1.82) is 0 Å². The third kappa shape index (κ3) is 4.87. The fraction of sp³-hybridized carbons (Fsp3) is 0.188. The van der Waals surface area contributed by atoms with Crippen molar-refractivity contribution in [3.63, 3.8) is 0 Å². The number of halogens is 1. The van der Waals surface area contributed by atoms with Crippen LogP contribution in [-0.4, -0.2) is 21.2 Å². The van der Waals surface area contributed by atoms with Crippen LogP contribution in [-0.2, 0) is 11.3 Å². The molecule has 126 valence electrons. The Hall–Kier alpha value is -2.25. The molecule has 0 saturated heterocycles. The second-order valence-corrected chi connectivity index (χ2v) is 6.85. The van der Waals surface area contributed by atoms with Crippen molar-refractivity contribution >= 4 is 35.0 Å².